The summed E-state index contributed by atoms with van der Waals surface area (Å²) in [5.41, 5.74) is 0.486. The summed E-state index contributed by atoms with van der Waals surface area (Å²) in [7, 11) is 0. The lowest BCUT2D eigenvalue weighted by molar-refractivity contribution is 0.354. The van der Waals surface area contributed by atoms with Crippen molar-refractivity contribution in [3.63, 3.8) is 0 Å². The van der Waals surface area contributed by atoms with Crippen molar-refractivity contribution in [3.8, 4) is 0 Å². The monoisotopic (exact) mass is 498 g/mol. The highest BCUT2D eigenvalue weighted by atomic mass is 15.3. The Morgan fingerprint density at radius 3 is 1.25 bits per heavy atom. The Morgan fingerprint density at radius 1 is 0.472 bits per heavy atom. The van der Waals surface area contributed by atoms with E-state index >= 15 is 0 Å². The number of nitrogens with zero attached hydrogens (tertiary/aromatic N) is 10. The van der Waals surface area contributed by atoms with Crippen molar-refractivity contribution < 1.29 is 0 Å². The zero-order valence-electron chi connectivity index (χ0n) is 24.2. The summed E-state index contributed by atoms with van der Waals surface area (Å²) in [4.78, 5) is 7.79. The second-order valence-corrected chi connectivity index (χ2v) is 12.3. The fourth-order valence-electron chi connectivity index (χ4n) is 2.42. The Kier molecular flexibility index (Phi) is 10.8. The van der Waals surface area contributed by atoms with Gasteiger partial charge in [0.1, 0.15) is 25.3 Å². The van der Waals surface area contributed by atoms with Crippen LogP contribution in [0.1, 0.15) is 83.1 Å². The van der Waals surface area contributed by atoms with E-state index in [9.17, 15) is 0 Å². The molecule has 0 atom stereocenters. The first-order valence-corrected chi connectivity index (χ1v) is 12.1. The predicted molar refractivity (Wildman–Crippen MR) is 144 cm³/mol. The first-order chi connectivity index (χ1) is 16.4. The molecule has 0 amide bonds. The highest BCUT2D eigenvalue weighted by molar-refractivity contribution is 4.84. The molecule has 0 spiro atoms. The summed E-state index contributed by atoms with van der Waals surface area (Å²) in [6.07, 6.45) is 16.1. The minimum Gasteiger partial charge on any atom is -0.332 e. The molecule has 0 N–H and O–H groups in total. The zero-order valence-corrected chi connectivity index (χ0v) is 24.2. The van der Waals surface area contributed by atoms with E-state index in [0.717, 1.165) is 0 Å². The van der Waals surface area contributed by atoms with Gasteiger partial charge in [-0.05, 0) is 89.2 Å². The molecule has 4 aromatic heterocycles. The Balaban J connectivity index is 0.000000240. The van der Waals surface area contributed by atoms with E-state index in [4.69, 9.17) is 0 Å². The molecule has 0 bridgehead atoms. The number of hydrogen-bond donors (Lipinski definition) is 0. The fraction of sp³-hybridized carbons (Fsp3) is 0.615. The molecular weight excluding hydrogens is 452 g/mol. The highest BCUT2D eigenvalue weighted by Gasteiger charge is 2.12. The van der Waals surface area contributed by atoms with Gasteiger partial charge in [0.05, 0.1) is 17.4 Å². The van der Waals surface area contributed by atoms with Gasteiger partial charge >= 0.3 is 0 Å². The van der Waals surface area contributed by atoms with Crippen molar-refractivity contribution in [3.05, 3.63) is 62.5 Å². The summed E-state index contributed by atoms with van der Waals surface area (Å²) in [5.74, 6) is 0. The average Bonchev–Trinajstić information content (AvgIpc) is 3.57. The third-order valence-electron chi connectivity index (χ3n) is 4.77. The van der Waals surface area contributed by atoms with Crippen LogP contribution in [0.3, 0.4) is 0 Å². The van der Waals surface area contributed by atoms with Gasteiger partial charge in [-0.2, -0.15) is 10.2 Å². The maximum Gasteiger partial charge on any atom is 0.137 e. The lowest BCUT2D eigenvalue weighted by atomic mass is 10.1. The first-order valence-electron chi connectivity index (χ1n) is 12.1. The Hall–Kier alpha value is -3.30. The largest absolute Gasteiger partial charge is 0.332 e. The third kappa shape index (κ3) is 11.4. The molecule has 10 heteroatoms. The van der Waals surface area contributed by atoms with Crippen LogP contribution in [0.4, 0.5) is 0 Å². The summed E-state index contributed by atoms with van der Waals surface area (Å²) in [6, 6.07) is 1.94. The second kappa shape index (κ2) is 12.6. The van der Waals surface area contributed by atoms with Crippen molar-refractivity contribution >= 4 is 0 Å². The molecular formula is C26H46N10. The van der Waals surface area contributed by atoms with E-state index in [-0.39, 0.29) is 22.2 Å². The van der Waals surface area contributed by atoms with Crippen LogP contribution in [0.15, 0.2) is 62.5 Å². The van der Waals surface area contributed by atoms with Crippen LogP contribution < -0.4 is 0 Å². The van der Waals surface area contributed by atoms with Crippen molar-refractivity contribution in [2.24, 2.45) is 0 Å². The number of aromatic nitrogens is 10. The first kappa shape index (κ1) is 30.7. The molecule has 10 nitrogen and oxygen atoms in total. The summed E-state index contributed by atoms with van der Waals surface area (Å²) >= 11 is 0. The van der Waals surface area contributed by atoms with Gasteiger partial charge in [-0.15, -0.1) is 10.2 Å². The quantitative estimate of drug-likeness (QED) is 0.324. The van der Waals surface area contributed by atoms with Crippen molar-refractivity contribution in [2.45, 2.75) is 105 Å². The topological polar surface area (TPSA) is 97.1 Å². The minimum atomic E-state index is 0.0660. The lowest BCUT2D eigenvalue weighted by Gasteiger charge is -2.19. The summed E-state index contributed by atoms with van der Waals surface area (Å²) < 4.78 is 7.81. The molecule has 4 aromatic rings. The lowest BCUT2D eigenvalue weighted by Crippen LogP contribution is -2.21. The third-order valence-corrected chi connectivity index (χ3v) is 4.77. The van der Waals surface area contributed by atoms with Crippen LogP contribution in [-0.2, 0) is 22.2 Å². The molecule has 4 heterocycles. The fourth-order valence-corrected chi connectivity index (χ4v) is 2.42. The smallest absolute Gasteiger partial charge is 0.137 e. The van der Waals surface area contributed by atoms with Crippen LogP contribution in [0.2, 0.25) is 0 Å². The van der Waals surface area contributed by atoms with Gasteiger partial charge < -0.3 is 9.13 Å². The van der Waals surface area contributed by atoms with E-state index in [1.165, 1.54) is 0 Å². The standard InChI is InChI=1S/2C7H12N2.2C6H11N3/c1-7(2,3)9-5-4-8-6-9;1-7(2,3)9-6-4-5-8-9;1-6(2,3)9-4-7-8-5-9;1-6(2,3)9-5-7-4-8-9/h2*4-6H,1-3H3;2*4-5H,1-3H3. The van der Waals surface area contributed by atoms with Gasteiger partial charge in [0.2, 0.25) is 0 Å². The van der Waals surface area contributed by atoms with E-state index in [0.29, 0.717) is 0 Å². The maximum atomic E-state index is 4.10. The van der Waals surface area contributed by atoms with E-state index in [1.54, 1.807) is 37.7 Å². The molecule has 0 aliphatic rings. The molecule has 36 heavy (non-hydrogen) atoms. The SMILES string of the molecule is CC(C)(C)n1cccn1.CC(C)(C)n1ccnc1.CC(C)(C)n1cncn1.CC(C)(C)n1cnnc1. The van der Waals surface area contributed by atoms with E-state index < -0.39 is 0 Å². The number of hydrogen-bond acceptors (Lipinski definition) is 6. The summed E-state index contributed by atoms with van der Waals surface area (Å²) in [5, 5.41) is 15.5. The van der Waals surface area contributed by atoms with E-state index in [1.807, 2.05) is 38.7 Å². The van der Waals surface area contributed by atoms with Crippen molar-refractivity contribution in [1.29, 1.82) is 0 Å². The Bertz CT molecular complexity index is 857. The van der Waals surface area contributed by atoms with Crippen LogP contribution in [0.25, 0.3) is 0 Å². The number of imidazole rings is 1. The van der Waals surface area contributed by atoms with Crippen LogP contribution in [-0.4, -0.2) is 48.9 Å². The van der Waals surface area contributed by atoms with Gasteiger partial charge in [0, 0.05) is 35.9 Å². The van der Waals surface area contributed by atoms with Crippen LogP contribution in [0, 0.1) is 0 Å². The molecule has 0 fully saturated rings. The van der Waals surface area contributed by atoms with E-state index in [2.05, 4.69) is 118 Å². The Morgan fingerprint density at radius 2 is 1.03 bits per heavy atom. The van der Waals surface area contributed by atoms with Gasteiger partial charge in [-0.1, -0.05) is 0 Å². The molecule has 0 saturated carbocycles. The average molecular weight is 499 g/mol. The van der Waals surface area contributed by atoms with Gasteiger partial charge in [0.15, 0.2) is 0 Å². The minimum absolute atomic E-state index is 0.0660. The maximum absolute atomic E-state index is 4.10. The molecule has 0 aliphatic carbocycles. The zero-order chi connectivity index (χ0) is 27.6. The molecule has 0 aromatic carbocycles. The van der Waals surface area contributed by atoms with Crippen LogP contribution in [0.5, 0.6) is 0 Å². The predicted octanol–water partition coefficient (Wildman–Crippen LogP) is 5.34. The van der Waals surface area contributed by atoms with Gasteiger partial charge in [0.25, 0.3) is 0 Å². The molecule has 0 saturated heterocycles. The molecule has 4 rings (SSSR count). The van der Waals surface area contributed by atoms with Crippen molar-refractivity contribution in [1.82, 2.24) is 48.9 Å². The van der Waals surface area contributed by atoms with Crippen molar-refractivity contribution in [2.75, 3.05) is 0 Å². The molecule has 0 radical (unpaired) electrons. The molecule has 0 aliphatic heterocycles. The molecule has 200 valence electrons. The number of rotatable bonds is 0. The summed E-state index contributed by atoms with van der Waals surface area (Å²) in [6.45, 7) is 25.4. The van der Waals surface area contributed by atoms with Gasteiger partial charge in [-0.25, -0.2) is 14.6 Å². The normalized spacial score (nSPS) is 11.9. The van der Waals surface area contributed by atoms with Gasteiger partial charge in [-0.3, -0.25) is 4.68 Å². The van der Waals surface area contributed by atoms with Crippen LogP contribution >= 0.6 is 0 Å². The Labute approximate surface area is 216 Å². The highest BCUT2D eigenvalue weighted by Crippen LogP contribution is 2.12. The second-order valence-electron chi connectivity index (χ2n) is 12.3. The molecule has 0 unspecified atom stereocenters.